The highest BCUT2D eigenvalue weighted by atomic mass is 32.2. The fourth-order valence-electron chi connectivity index (χ4n) is 3.33. The van der Waals surface area contributed by atoms with Gasteiger partial charge in [-0.25, -0.2) is 18.6 Å². The van der Waals surface area contributed by atoms with Gasteiger partial charge in [0.05, 0.1) is 4.90 Å². The number of aryl methyl sites for hydroxylation is 2. The summed E-state index contributed by atoms with van der Waals surface area (Å²) in [6.07, 6.45) is 0.298. The van der Waals surface area contributed by atoms with Crippen LogP contribution in [0.5, 0.6) is 0 Å². The average molecular weight is 436 g/mol. The molecule has 10 nitrogen and oxygen atoms in total. The molecule has 0 bridgehead atoms. The lowest BCUT2D eigenvalue weighted by Gasteiger charge is -2.34. The van der Waals surface area contributed by atoms with Crippen LogP contribution < -0.4 is 5.43 Å². The van der Waals surface area contributed by atoms with E-state index < -0.39 is 28.5 Å². The summed E-state index contributed by atoms with van der Waals surface area (Å²) in [6.45, 7) is 3.93. The number of amides is 2. The van der Waals surface area contributed by atoms with Crippen molar-refractivity contribution in [3.8, 4) is 0 Å². The molecular weight excluding hydrogens is 412 g/mol. The average Bonchev–Trinajstić information content (AvgIpc) is 2.72. The predicted octanol–water partition coefficient (Wildman–Crippen LogP) is -0.0545. The summed E-state index contributed by atoms with van der Waals surface area (Å²) < 4.78 is 32.2. The van der Waals surface area contributed by atoms with Gasteiger partial charge in [-0.1, -0.05) is 17.7 Å². The summed E-state index contributed by atoms with van der Waals surface area (Å²) in [5, 5.41) is 3.62. The van der Waals surface area contributed by atoms with E-state index in [1.54, 1.807) is 19.1 Å². The summed E-state index contributed by atoms with van der Waals surface area (Å²) >= 11 is 0. The first kappa shape index (κ1) is 21.9. The molecule has 0 radical (unpaired) electrons. The Hall–Kier alpha value is -2.79. The van der Waals surface area contributed by atoms with E-state index in [2.05, 4.69) is 10.5 Å². The molecule has 2 aliphatic rings. The maximum atomic E-state index is 12.9. The second-order valence-electron chi connectivity index (χ2n) is 7.22. The lowest BCUT2D eigenvalue weighted by Crippen LogP contribution is -2.51. The topological polar surface area (TPSA) is 125 Å². The first-order valence-corrected chi connectivity index (χ1v) is 11.0. The fraction of sp³-hybridized carbons (Fsp3) is 0.474. The Bertz CT molecular complexity index is 996. The van der Waals surface area contributed by atoms with Gasteiger partial charge in [-0.05, 0) is 25.5 Å². The van der Waals surface area contributed by atoms with E-state index in [0.29, 0.717) is 5.56 Å². The Balaban J connectivity index is 1.53. The summed E-state index contributed by atoms with van der Waals surface area (Å²) in [5.41, 5.74) is 3.92. The van der Waals surface area contributed by atoms with Crippen molar-refractivity contribution in [3.63, 3.8) is 0 Å². The zero-order valence-electron chi connectivity index (χ0n) is 16.9. The van der Waals surface area contributed by atoms with Crippen molar-refractivity contribution in [1.29, 1.82) is 0 Å². The van der Waals surface area contributed by atoms with Crippen molar-refractivity contribution in [3.05, 3.63) is 29.3 Å². The Morgan fingerprint density at radius 3 is 2.43 bits per heavy atom. The number of esters is 1. The maximum absolute atomic E-state index is 12.9. The van der Waals surface area contributed by atoms with Crippen LogP contribution >= 0.6 is 0 Å². The Labute approximate surface area is 174 Å². The second-order valence-corrected chi connectivity index (χ2v) is 9.13. The summed E-state index contributed by atoms with van der Waals surface area (Å²) in [7, 11) is -3.64. The lowest BCUT2D eigenvalue weighted by molar-refractivity contribution is -0.147. The molecule has 30 heavy (non-hydrogen) atoms. The van der Waals surface area contributed by atoms with Crippen molar-refractivity contribution in [2.75, 3.05) is 32.8 Å². The molecule has 1 saturated heterocycles. The van der Waals surface area contributed by atoms with Crippen molar-refractivity contribution >= 4 is 33.5 Å². The molecule has 2 aliphatic heterocycles. The second kappa shape index (κ2) is 8.92. The minimum absolute atomic E-state index is 0.0618. The van der Waals surface area contributed by atoms with Crippen molar-refractivity contribution in [2.24, 2.45) is 5.10 Å². The number of carbonyl (C=O) groups excluding carboxylic acids is 3. The molecule has 1 aromatic carbocycles. The van der Waals surface area contributed by atoms with Gasteiger partial charge in [-0.3, -0.25) is 9.59 Å². The molecule has 11 heteroatoms. The van der Waals surface area contributed by atoms with Gasteiger partial charge in [-0.2, -0.15) is 9.41 Å². The van der Waals surface area contributed by atoms with Crippen LogP contribution in [0.1, 0.15) is 24.0 Å². The molecule has 1 N–H and O–H groups in total. The Kier molecular flexibility index (Phi) is 6.52. The standard InChI is InChI=1S/C19H24N4O6S/c1-13-3-5-16(14(2)11-13)30(27,28)23-9-7-22(8-10-23)18(25)12-29-19(26)15-4-6-17(24)21-20-15/h3,5,11H,4,6-10,12H2,1-2H3,(H,21,24). The quantitative estimate of drug-likeness (QED) is 0.645. The maximum Gasteiger partial charge on any atom is 0.355 e. The number of ether oxygens (including phenoxy) is 1. The van der Waals surface area contributed by atoms with Gasteiger partial charge in [-0.15, -0.1) is 0 Å². The van der Waals surface area contributed by atoms with E-state index in [9.17, 15) is 22.8 Å². The summed E-state index contributed by atoms with van der Waals surface area (Å²) in [6, 6.07) is 5.19. The molecule has 0 spiro atoms. The molecule has 0 aliphatic carbocycles. The van der Waals surface area contributed by atoms with Gasteiger partial charge in [0.1, 0.15) is 5.71 Å². The molecule has 0 unspecified atom stereocenters. The minimum atomic E-state index is -3.64. The first-order valence-electron chi connectivity index (χ1n) is 9.56. The van der Waals surface area contributed by atoms with Crippen LogP contribution in [0, 0.1) is 13.8 Å². The number of hydrazone groups is 1. The number of sulfonamides is 1. The van der Waals surface area contributed by atoms with E-state index in [0.717, 1.165) is 5.56 Å². The largest absolute Gasteiger partial charge is 0.451 e. The highest BCUT2D eigenvalue weighted by molar-refractivity contribution is 7.89. The number of piperazine rings is 1. The third-order valence-corrected chi connectivity index (χ3v) is 7.07. The predicted molar refractivity (Wildman–Crippen MR) is 107 cm³/mol. The number of nitrogens with one attached hydrogen (secondary N) is 1. The van der Waals surface area contributed by atoms with E-state index in [1.807, 2.05) is 13.0 Å². The zero-order valence-corrected chi connectivity index (χ0v) is 17.7. The lowest BCUT2D eigenvalue weighted by atomic mass is 10.2. The van der Waals surface area contributed by atoms with Gasteiger partial charge >= 0.3 is 5.97 Å². The van der Waals surface area contributed by atoms with Crippen molar-refractivity contribution in [2.45, 2.75) is 31.6 Å². The smallest absolute Gasteiger partial charge is 0.355 e. The van der Waals surface area contributed by atoms with E-state index in [4.69, 9.17) is 4.74 Å². The number of benzene rings is 1. The number of nitrogens with zero attached hydrogens (tertiary/aromatic N) is 3. The third kappa shape index (κ3) is 4.85. The molecule has 2 heterocycles. The fourth-order valence-corrected chi connectivity index (χ4v) is 4.96. The molecule has 1 fully saturated rings. The molecule has 2 amide bonds. The monoisotopic (exact) mass is 436 g/mol. The number of hydrogen-bond acceptors (Lipinski definition) is 7. The van der Waals surface area contributed by atoms with Crippen molar-refractivity contribution < 1.29 is 27.5 Å². The van der Waals surface area contributed by atoms with Crippen molar-refractivity contribution in [1.82, 2.24) is 14.6 Å². The summed E-state index contributed by atoms with van der Waals surface area (Å²) in [5.74, 6) is -1.44. The van der Waals surface area contributed by atoms with Gasteiger partial charge in [0, 0.05) is 39.0 Å². The minimum Gasteiger partial charge on any atom is -0.451 e. The molecule has 162 valence electrons. The third-order valence-electron chi connectivity index (χ3n) is 5.01. The van der Waals surface area contributed by atoms with Gasteiger partial charge in [0.15, 0.2) is 6.61 Å². The zero-order chi connectivity index (χ0) is 21.9. The highest BCUT2D eigenvalue weighted by Crippen LogP contribution is 2.22. The van der Waals surface area contributed by atoms with E-state index >= 15 is 0 Å². The number of hydrogen-bond donors (Lipinski definition) is 1. The van der Waals surface area contributed by atoms with Gasteiger partial charge in [0.2, 0.25) is 15.9 Å². The Morgan fingerprint density at radius 1 is 1.13 bits per heavy atom. The van der Waals surface area contributed by atoms with E-state index in [1.165, 1.54) is 9.21 Å². The van der Waals surface area contributed by atoms with Gasteiger partial charge in [0.25, 0.3) is 5.91 Å². The molecule has 0 saturated carbocycles. The SMILES string of the molecule is Cc1ccc(S(=O)(=O)N2CCN(C(=O)COC(=O)C3=NNC(=O)CC3)CC2)c(C)c1. The normalized spacial score (nSPS) is 17.9. The van der Waals surface area contributed by atoms with E-state index in [-0.39, 0.29) is 55.5 Å². The molecule has 0 aromatic heterocycles. The van der Waals surface area contributed by atoms with Crippen LogP contribution in [0.25, 0.3) is 0 Å². The van der Waals surface area contributed by atoms with Crippen LogP contribution in [-0.2, 0) is 29.1 Å². The molecular formula is C19H24N4O6S. The van der Waals surface area contributed by atoms with Gasteiger partial charge < -0.3 is 9.64 Å². The highest BCUT2D eigenvalue weighted by Gasteiger charge is 2.31. The Morgan fingerprint density at radius 2 is 1.83 bits per heavy atom. The molecule has 0 atom stereocenters. The summed E-state index contributed by atoms with van der Waals surface area (Å²) in [4.78, 5) is 37.0. The molecule has 1 aromatic rings. The van der Waals surface area contributed by atoms with Crippen LogP contribution in [0.4, 0.5) is 0 Å². The molecule has 3 rings (SSSR count). The number of rotatable bonds is 5. The first-order chi connectivity index (χ1) is 14.2. The number of carbonyl (C=O) groups is 3. The van der Waals surface area contributed by atoms with Crippen LogP contribution in [0.3, 0.4) is 0 Å². The van der Waals surface area contributed by atoms with Crippen LogP contribution in [0.15, 0.2) is 28.2 Å². The van der Waals surface area contributed by atoms with Crippen LogP contribution in [0.2, 0.25) is 0 Å². The van der Waals surface area contributed by atoms with Crippen LogP contribution in [-0.4, -0.2) is 73.9 Å².